The van der Waals surface area contributed by atoms with Crippen molar-refractivity contribution in [1.29, 1.82) is 0 Å². The number of aromatic carboxylic acids is 1. The zero-order valence-corrected chi connectivity index (χ0v) is 16.7. The van der Waals surface area contributed by atoms with Gasteiger partial charge in [-0.3, -0.25) is 0 Å². The minimum absolute atomic E-state index is 0.0647. The van der Waals surface area contributed by atoms with Crippen molar-refractivity contribution < 1.29 is 15.0 Å². The van der Waals surface area contributed by atoms with Crippen molar-refractivity contribution in [2.75, 3.05) is 0 Å². The van der Waals surface area contributed by atoms with Crippen LogP contribution in [0.3, 0.4) is 0 Å². The average molecular weight is 404 g/mol. The van der Waals surface area contributed by atoms with E-state index >= 15 is 0 Å². The molecule has 2 N–H and O–H groups in total. The van der Waals surface area contributed by atoms with Crippen LogP contribution in [0, 0.1) is 0 Å². The van der Waals surface area contributed by atoms with Gasteiger partial charge in [0.1, 0.15) is 0 Å². The van der Waals surface area contributed by atoms with Gasteiger partial charge in [-0.05, 0) is 0 Å². The van der Waals surface area contributed by atoms with Crippen LogP contribution in [-0.2, 0) is 10.8 Å². The monoisotopic (exact) mass is 405 g/mol. The molecule has 4 nitrogen and oxygen atoms in total. The molecule has 5 heteroatoms. The van der Waals surface area contributed by atoms with Crippen LogP contribution in [0.25, 0.3) is 0 Å². The maximum atomic E-state index is 10.9. The zero-order chi connectivity index (χ0) is 18.4. The fourth-order valence-corrected chi connectivity index (χ4v) is 5.04. The summed E-state index contributed by atoms with van der Waals surface area (Å²) in [4.78, 5) is 15.2. The van der Waals surface area contributed by atoms with Gasteiger partial charge in [-0.1, -0.05) is 0 Å². The molecule has 1 aromatic heterocycles. The van der Waals surface area contributed by atoms with E-state index < -0.39 is 5.97 Å². The summed E-state index contributed by atoms with van der Waals surface area (Å²) in [6.07, 6.45) is 3.60. The Kier molecular flexibility index (Phi) is 4.42. The minimum atomic E-state index is -0.979. The Morgan fingerprint density at radius 2 is 1.68 bits per heavy atom. The quantitative estimate of drug-likeness (QED) is 0.772. The van der Waals surface area contributed by atoms with Crippen LogP contribution < -0.4 is 9.05 Å². The molecule has 1 aromatic carbocycles. The number of phenolic OH excluding ortho intramolecular Hbond substituents is 1. The first-order chi connectivity index (χ1) is 11.6. The van der Waals surface area contributed by atoms with Gasteiger partial charge in [-0.15, -0.1) is 0 Å². The molecule has 132 valence electrons. The van der Waals surface area contributed by atoms with Gasteiger partial charge in [0.15, 0.2) is 0 Å². The fraction of sp³-hybridized carbons (Fsp3) is 0.400. The van der Waals surface area contributed by atoms with Crippen LogP contribution in [0.15, 0.2) is 30.5 Å². The molecule has 1 heterocycles. The van der Waals surface area contributed by atoms with Crippen molar-refractivity contribution in [3.63, 3.8) is 0 Å². The maximum absolute atomic E-state index is 10.9. The molecule has 0 saturated carbocycles. The summed E-state index contributed by atoms with van der Waals surface area (Å²) < 4.78 is 1.70. The molecular weight excluding hydrogens is 381 g/mol. The van der Waals surface area contributed by atoms with E-state index in [9.17, 15) is 9.90 Å². The van der Waals surface area contributed by atoms with E-state index in [2.05, 4.69) is 38.7 Å². The molecule has 2 aromatic rings. The zero-order valence-electron chi connectivity index (χ0n) is 15.0. The van der Waals surface area contributed by atoms with E-state index in [1.54, 1.807) is 12.1 Å². The molecule has 0 unspecified atom stereocenters. The van der Waals surface area contributed by atoms with Crippen LogP contribution >= 0.6 is 0 Å². The first kappa shape index (κ1) is 18.0. The van der Waals surface area contributed by atoms with Crippen LogP contribution in [0.4, 0.5) is 0 Å². The van der Waals surface area contributed by atoms with Gasteiger partial charge >= 0.3 is 154 Å². The third-order valence-corrected chi connectivity index (χ3v) is 7.22. The van der Waals surface area contributed by atoms with Crippen molar-refractivity contribution >= 4 is 30.0 Å². The van der Waals surface area contributed by atoms with Crippen molar-refractivity contribution in [3.8, 4) is 5.75 Å². The second-order valence-electron chi connectivity index (χ2n) is 7.93. The fourth-order valence-electron chi connectivity index (χ4n) is 3.34. The molecule has 0 spiro atoms. The summed E-state index contributed by atoms with van der Waals surface area (Å²) in [5.41, 5.74) is 2.87. The van der Waals surface area contributed by atoms with E-state index in [-0.39, 0.29) is 31.4 Å². The molecule has 1 aliphatic rings. The SMILES string of the molecule is CC1(C)CCC(C)(C)c2cc([Se]c3ccc(C(=O)O)cn3)c(O)cc21. The normalized spacial score (nSPS) is 17.8. The Balaban J connectivity index is 1.99. The Labute approximate surface area is 154 Å². The first-order valence-corrected chi connectivity index (χ1v) is 10.1. The number of aromatic hydroxyl groups is 1. The number of rotatable bonds is 3. The Bertz CT molecular complexity index is 826. The molecule has 0 atom stereocenters. The van der Waals surface area contributed by atoms with Crippen molar-refractivity contribution in [3.05, 3.63) is 47.2 Å². The van der Waals surface area contributed by atoms with Crippen molar-refractivity contribution in [2.24, 2.45) is 0 Å². The molecule has 3 rings (SSSR count). The number of pyridine rings is 1. The second kappa shape index (κ2) is 6.15. The number of aromatic nitrogens is 1. The van der Waals surface area contributed by atoms with Crippen LogP contribution in [-0.4, -0.2) is 36.1 Å². The number of hydrogen-bond donors (Lipinski definition) is 2. The Morgan fingerprint density at radius 3 is 2.20 bits per heavy atom. The number of carboxylic acid groups (broad SMARTS) is 1. The summed E-state index contributed by atoms with van der Waals surface area (Å²) in [6.45, 7) is 8.98. The molecule has 1 aliphatic carbocycles. The van der Waals surface area contributed by atoms with Gasteiger partial charge < -0.3 is 0 Å². The van der Waals surface area contributed by atoms with Gasteiger partial charge in [0.05, 0.1) is 0 Å². The Morgan fingerprint density at radius 1 is 1.08 bits per heavy atom. The molecule has 25 heavy (non-hydrogen) atoms. The van der Waals surface area contributed by atoms with Crippen LogP contribution in [0.2, 0.25) is 0 Å². The van der Waals surface area contributed by atoms with Gasteiger partial charge in [0, 0.05) is 0 Å². The van der Waals surface area contributed by atoms with Gasteiger partial charge in [0.2, 0.25) is 0 Å². The standard InChI is InChI=1S/C20H23NO3Se/c1-19(2)7-8-20(3,4)14-10-16(15(22)9-13(14)19)25-17-6-5-12(11-21-17)18(23)24/h5-6,9-11,22H,7-8H2,1-4H3,(H,23,24). The third-order valence-electron chi connectivity index (χ3n) is 5.13. The van der Waals surface area contributed by atoms with Gasteiger partial charge in [-0.2, -0.15) is 0 Å². The average Bonchev–Trinajstić information content (AvgIpc) is 2.54. The molecular formula is C20H23NO3Se. The van der Waals surface area contributed by atoms with Crippen LogP contribution in [0.5, 0.6) is 5.75 Å². The molecule has 0 fully saturated rings. The molecule has 0 saturated heterocycles. The van der Waals surface area contributed by atoms with Gasteiger partial charge in [-0.25, -0.2) is 0 Å². The van der Waals surface area contributed by atoms with E-state index in [1.165, 1.54) is 17.3 Å². The summed E-state index contributed by atoms with van der Waals surface area (Å²) in [5.74, 6) is -0.666. The van der Waals surface area contributed by atoms with E-state index in [0.717, 1.165) is 21.9 Å². The van der Waals surface area contributed by atoms with E-state index in [4.69, 9.17) is 5.11 Å². The number of carboxylic acids is 1. The number of hydrogen-bond acceptors (Lipinski definition) is 3. The summed E-state index contributed by atoms with van der Waals surface area (Å²) in [5, 5.41) is 19.5. The number of fused-ring (bicyclic) bond motifs is 1. The topological polar surface area (TPSA) is 70.4 Å². The first-order valence-electron chi connectivity index (χ1n) is 8.35. The third kappa shape index (κ3) is 3.44. The molecule has 0 aliphatic heterocycles. The van der Waals surface area contributed by atoms with Crippen molar-refractivity contribution in [2.45, 2.75) is 51.4 Å². The van der Waals surface area contributed by atoms with E-state index in [1.807, 2.05) is 6.07 Å². The molecule has 0 bridgehead atoms. The summed E-state index contributed by atoms with van der Waals surface area (Å²) >= 11 is -0.173. The van der Waals surface area contributed by atoms with E-state index in [0.29, 0.717) is 5.75 Å². The predicted molar refractivity (Wildman–Crippen MR) is 99.6 cm³/mol. The van der Waals surface area contributed by atoms with Crippen molar-refractivity contribution in [1.82, 2.24) is 4.98 Å². The predicted octanol–water partition coefficient (Wildman–Crippen LogP) is 2.49. The summed E-state index contributed by atoms with van der Waals surface area (Å²) in [6, 6.07) is 7.36. The second-order valence-corrected chi connectivity index (χ2v) is 10.2. The number of carbonyl (C=O) groups is 1. The Hall–Kier alpha value is -1.84. The number of phenols is 1. The number of benzene rings is 1. The molecule has 0 radical (unpaired) electrons. The van der Waals surface area contributed by atoms with Gasteiger partial charge in [0.25, 0.3) is 0 Å². The number of nitrogens with zero attached hydrogens (tertiary/aromatic N) is 1. The van der Waals surface area contributed by atoms with Crippen LogP contribution in [0.1, 0.15) is 62.0 Å². The molecule has 0 amide bonds. The summed E-state index contributed by atoms with van der Waals surface area (Å²) in [7, 11) is 0.